The van der Waals surface area contributed by atoms with Crippen molar-refractivity contribution in [1.82, 2.24) is 4.98 Å². The molecule has 0 atom stereocenters. The molecular weight excluding hydrogens is 348 g/mol. The molecule has 1 fully saturated rings. The summed E-state index contributed by atoms with van der Waals surface area (Å²) in [7, 11) is -3.73. The van der Waals surface area contributed by atoms with E-state index in [1.54, 1.807) is 18.2 Å². The zero-order valence-corrected chi connectivity index (χ0v) is 14.9. The zero-order chi connectivity index (χ0) is 17.2. The monoisotopic (exact) mass is 366 g/mol. The first-order valence-corrected chi connectivity index (χ1v) is 9.63. The van der Waals surface area contributed by atoms with E-state index in [1.165, 1.54) is 25.0 Å². The van der Waals surface area contributed by atoms with Gasteiger partial charge in [-0.3, -0.25) is 4.72 Å². The molecule has 7 heteroatoms. The third-order valence-corrected chi connectivity index (χ3v) is 5.56. The van der Waals surface area contributed by atoms with Crippen molar-refractivity contribution in [3.05, 3.63) is 52.7 Å². The number of benzene rings is 1. The van der Waals surface area contributed by atoms with E-state index in [4.69, 9.17) is 16.3 Å². The van der Waals surface area contributed by atoms with Crippen molar-refractivity contribution in [2.45, 2.75) is 31.3 Å². The lowest BCUT2D eigenvalue weighted by atomic mass is 10.2. The van der Waals surface area contributed by atoms with Crippen LogP contribution in [0.15, 0.2) is 41.3 Å². The summed E-state index contributed by atoms with van der Waals surface area (Å²) < 4.78 is 33.0. The first-order valence-electron chi connectivity index (χ1n) is 7.77. The quantitative estimate of drug-likeness (QED) is 0.809. The van der Waals surface area contributed by atoms with E-state index in [-0.39, 0.29) is 10.7 Å². The van der Waals surface area contributed by atoms with E-state index in [2.05, 4.69) is 9.71 Å². The fraction of sp³-hybridized carbons (Fsp3) is 0.353. The van der Waals surface area contributed by atoms with Gasteiger partial charge in [0, 0.05) is 11.6 Å². The van der Waals surface area contributed by atoms with Gasteiger partial charge in [-0.2, -0.15) is 0 Å². The molecule has 1 saturated carbocycles. The van der Waals surface area contributed by atoms with Gasteiger partial charge in [0.15, 0.2) is 0 Å². The summed E-state index contributed by atoms with van der Waals surface area (Å²) in [6.07, 6.45) is 2.46. The Kier molecular flexibility index (Phi) is 5.08. The molecule has 3 rings (SSSR count). The predicted octanol–water partition coefficient (Wildman–Crippen LogP) is 3.77. The topological polar surface area (TPSA) is 68.3 Å². The molecule has 0 spiro atoms. The van der Waals surface area contributed by atoms with Crippen molar-refractivity contribution in [3.63, 3.8) is 0 Å². The van der Waals surface area contributed by atoms with E-state index in [1.807, 2.05) is 13.0 Å². The first kappa shape index (κ1) is 17.2. The highest BCUT2D eigenvalue weighted by Gasteiger charge is 2.21. The van der Waals surface area contributed by atoms with E-state index < -0.39 is 10.0 Å². The molecule has 24 heavy (non-hydrogen) atoms. The van der Waals surface area contributed by atoms with Gasteiger partial charge in [0.25, 0.3) is 10.0 Å². The Labute approximate surface area is 147 Å². The summed E-state index contributed by atoms with van der Waals surface area (Å²) >= 11 is 6.01. The molecule has 128 valence electrons. The van der Waals surface area contributed by atoms with Crippen LogP contribution in [0.5, 0.6) is 0 Å². The van der Waals surface area contributed by atoms with Crippen molar-refractivity contribution in [2.75, 3.05) is 11.3 Å². The molecule has 1 aliphatic rings. The van der Waals surface area contributed by atoms with E-state index >= 15 is 0 Å². The third-order valence-electron chi connectivity index (χ3n) is 3.80. The fourth-order valence-corrected chi connectivity index (χ4v) is 3.44. The van der Waals surface area contributed by atoms with Crippen LogP contribution in [0.2, 0.25) is 5.02 Å². The molecule has 2 aromatic rings. The second-order valence-corrected chi connectivity index (χ2v) is 8.08. The summed E-state index contributed by atoms with van der Waals surface area (Å²) in [5.74, 6) is 0.942. The van der Waals surface area contributed by atoms with Crippen molar-refractivity contribution in [3.8, 4) is 0 Å². The Morgan fingerprint density at radius 3 is 2.79 bits per heavy atom. The van der Waals surface area contributed by atoms with Crippen molar-refractivity contribution >= 4 is 27.4 Å². The third kappa shape index (κ3) is 4.47. The number of anilines is 1. The van der Waals surface area contributed by atoms with Crippen LogP contribution in [-0.4, -0.2) is 20.0 Å². The number of ether oxygens (including phenoxy) is 1. The minimum Gasteiger partial charge on any atom is -0.375 e. The minimum absolute atomic E-state index is 0.107. The number of nitrogens with one attached hydrogen (secondary N) is 1. The average molecular weight is 367 g/mol. The summed E-state index contributed by atoms with van der Waals surface area (Å²) in [5.41, 5.74) is 1.52. The Morgan fingerprint density at radius 2 is 2.08 bits per heavy atom. The van der Waals surface area contributed by atoms with Gasteiger partial charge in [0.05, 0.1) is 17.2 Å². The maximum absolute atomic E-state index is 12.4. The number of nitrogens with zero attached hydrogens (tertiary/aromatic N) is 1. The molecule has 5 nitrogen and oxygen atoms in total. The maximum atomic E-state index is 12.4. The van der Waals surface area contributed by atoms with Gasteiger partial charge >= 0.3 is 0 Å². The van der Waals surface area contributed by atoms with Crippen LogP contribution in [-0.2, 0) is 21.4 Å². The highest BCUT2D eigenvalue weighted by atomic mass is 35.5. The largest absolute Gasteiger partial charge is 0.375 e. The first-order chi connectivity index (χ1) is 11.4. The number of halogens is 1. The van der Waals surface area contributed by atoms with E-state index in [0.29, 0.717) is 23.2 Å². The molecule has 1 N–H and O–H groups in total. The standard InChI is InChI=1S/C17H19ClN2O3S/c1-12-5-8-15(9-16(12)18)24(21,22)20-17-4-2-3-14(19-17)11-23-10-13-6-7-13/h2-5,8-9,13H,6-7,10-11H2,1H3,(H,19,20). The molecule has 1 aromatic carbocycles. The molecule has 1 aromatic heterocycles. The van der Waals surface area contributed by atoms with Gasteiger partial charge in [-0.25, -0.2) is 13.4 Å². The Hall–Kier alpha value is -1.63. The van der Waals surface area contributed by atoms with Gasteiger partial charge in [-0.15, -0.1) is 0 Å². The number of rotatable bonds is 7. The summed E-state index contributed by atoms with van der Waals surface area (Å²) in [6, 6.07) is 9.80. The minimum atomic E-state index is -3.73. The van der Waals surface area contributed by atoms with Gasteiger partial charge in [-0.05, 0) is 55.5 Å². The maximum Gasteiger partial charge on any atom is 0.263 e. The number of aromatic nitrogens is 1. The molecule has 0 radical (unpaired) electrons. The molecule has 1 heterocycles. The van der Waals surface area contributed by atoms with E-state index in [9.17, 15) is 8.42 Å². The summed E-state index contributed by atoms with van der Waals surface area (Å²) in [4.78, 5) is 4.40. The normalized spacial score (nSPS) is 14.6. The van der Waals surface area contributed by atoms with Crippen molar-refractivity contribution in [1.29, 1.82) is 0 Å². The number of hydrogen-bond donors (Lipinski definition) is 1. The average Bonchev–Trinajstić information content (AvgIpc) is 3.34. The van der Waals surface area contributed by atoms with Crippen molar-refractivity contribution < 1.29 is 13.2 Å². The number of sulfonamides is 1. The Bertz CT molecular complexity index is 835. The lowest BCUT2D eigenvalue weighted by Crippen LogP contribution is -2.14. The lowest BCUT2D eigenvalue weighted by Gasteiger charge is -2.10. The van der Waals surface area contributed by atoms with Crippen molar-refractivity contribution in [2.24, 2.45) is 5.92 Å². The Balaban J connectivity index is 1.70. The van der Waals surface area contributed by atoms with Gasteiger partial charge in [-0.1, -0.05) is 23.7 Å². The lowest BCUT2D eigenvalue weighted by molar-refractivity contribution is 0.109. The molecule has 1 aliphatic carbocycles. The zero-order valence-electron chi connectivity index (χ0n) is 13.3. The van der Waals surface area contributed by atoms with E-state index in [0.717, 1.165) is 12.2 Å². The van der Waals surface area contributed by atoms with Crippen LogP contribution < -0.4 is 4.72 Å². The summed E-state index contributed by atoms with van der Waals surface area (Å²) in [5, 5.41) is 0.410. The van der Waals surface area contributed by atoms with Gasteiger partial charge < -0.3 is 4.74 Å². The van der Waals surface area contributed by atoms with Gasteiger partial charge in [0.2, 0.25) is 0 Å². The molecule has 0 aliphatic heterocycles. The van der Waals surface area contributed by atoms with Crippen LogP contribution in [0.3, 0.4) is 0 Å². The predicted molar refractivity (Wildman–Crippen MR) is 93.6 cm³/mol. The SMILES string of the molecule is Cc1ccc(S(=O)(=O)Nc2cccc(COCC3CC3)n2)cc1Cl. The number of hydrogen-bond acceptors (Lipinski definition) is 4. The van der Waals surface area contributed by atoms with Crippen LogP contribution in [0, 0.1) is 12.8 Å². The Morgan fingerprint density at radius 1 is 1.29 bits per heavy atom. The highest BCUT2D eigenvalue weighted by molar-refractivity contribution is 7.92. The molecule has 0 bridgehead atoms. The van der Waals surface area contributed by atoms with Crippen LogP contribution in [0.4, 0.5) is 5.82 Å². The molecule has 0 saturated heterocycles. The molecule has 0 unspecified atom stereocenters. The second-order valence-electron chi connectivity index (χ2n) is 5.99. The number of aryl methyl sites for hydroxylation is 1. The molecular formula is C17H19ClN2O3S. The van der Waals surface area contributed by atoms with Gasteiger partial charge in [0.1, 0.15) is 5.82 Å². The van der Waals surface area contributed by atoms with Crippen LogP contribution >= 0.6 is 11.6 Å². The smallest absolute Gasteiger partial charge is 0.263 e. The fourth-order valence-electron chi connectivity index (χ4n) is 2.17. The molecule has 0 amide bonds. The van der Waals surface area contributed by atoms with Crippen LogP contribution in [0.25, 0.3) is 0 Å². The highest BCUT2D eigenvalue weighted by Crippen LogP contribution is 2.29. The summed E-state index contributed by atoms with van der Waals surface area (Å²) in [6.45, 7) is 2.93. The van der Waals surface area contributed by atoms with Crippen LogP contribution in [0.1, 0.15) is 24.1 Å². The number of pyridine rings is 1. The second kappa shape index (κ2) is 7.09.